The number of aliphatic hydroxyl groups is 1. The predicted octanol–water partition coefficient (Wildman–Crippen LogP) is 2.44. The molecule has 0 aliphatic rings. The Morgan fingerprint density at radius 2 is 2.20 bits per heavy atom. The topological polar surface area (TPSA) is 63.6 Å². The van der Waals surface area contributed by atoms with E-state index in [0.29, 0.717) is 18.0 Å². The number of anilines is 1. The fourth-order valence-corrected chi connectivity index (χ4v) is 2.43. The van der Waals surface area contributed by atoms with Crippen LogP contribution in [0, 0.1) is 6.92 Å². The van der Waals surface area contributed by atoms with Crippen molar-refractivity contribution in [3.05, 3.63) is 34.3 Å². The van der Waals surface area contributed by atoms with Gasteiger partial charge in [0, 0.05) is 22.8 Å². The molecule has 0 aliphatic carbocycles. The molecule has 0 atom stereocenters. The van der Waals surface area contributed by atoms with E-state index in [-0.39, 0.29) is 13.2 Å². The first kappa shape index (κ1) is 14.6. The molecule has 0 unspecified atom stereocenters. The average molecular weight is 294 g/mol. The number of rotatable bonds is 7. The van der Waals surface area contributed by atoms with Crippen LogP contribution in [0.25, 0.3) is 0 Å². The summed E-state index contributed by atoms with van der Waals surface area (Å²) in [6.07, 6.45) is 0. The zero-order valence-electron chi connectivity index (χ0n) is 11.5. The van der Waals surface area contributed by atoms with Gasteiger partial charge in [-0.3, -0.25) is 0 Å². The normalized spacial score (nSPS) is 10.3. The van der Waals surface area contributed by atoms with E-state index in [1.807, 2.05) is 30.5 Å². The van der Waals surface area contributed by atoms with Gasteiger partial charge in [-0.05, 0) is 19.1 Å². The molecule has 0 fully saturated rings. The van der Waals surface area contributed by atoms with E-state index in [0.717, 1.165) is 16.4 Å². The van der Waals surface area contributed by atoms with Gasteiger partial charge in [0.1, 0.15) is 11.6 Å². The third-order valence-electron chi connectivity index (χ3n) is 2.62. The van der Waals surface area contributed by atoms with Gasteiger partial charge in [-0.2, -0.15) is 0 Å². The quantitative estimate of drug-likeness (QED) is 0.821. The SMILES string of the molecule is COc1ccc(NCc2nc(C)cs2)cc1OCCO. The lowest BCUT2D eigenvalue weighted by Crippen LogP contribution is -2.04. The Kier molecular flexibility index (Phi) is 5.20. The standard InChI is InChI=1S/C14H18N2O3S/c1-10-9-20-14(16-10)8-15-11-3-4-12(18-2)13(7-11)19-6-5-17/h3-4,7,9,15,17H,5-6,8H2,1-2H3. The summed E-state index contributed by atoms with van der Waals surface area (Å²) in [5.74, 6) is 1.26. The largest absolute Gasteiger partial charge is 0.493 e. The zero-order chi connectivity index (χ0) is 14.4. The zero-order valence-corrected chi connectivity index (χ0v) is 12.4. The number of methoxy groups -OCH3 is 1. The van der Waals surface area contributed by atoms with E-state index < -0.39 is 0 Å². The van der Waals surface area contributed by atoms with Crippen molar-refractivity contribution >= 4 is 17.0 Å². The Balaban J connectivity index is 2.03. The molecule has 6 heteroatoms. The molecule has 0 saturated heterocycles. The maximum atomic E-state index is 8.83. The Hall–Kier alpha value is -1.79. The second-order valence-electron chi connectivity index (χ2n) is 4.17. The van der Waals surface area contributed by atoms with Crippen LogP contribution in [0.1, 0.15) is 10.7 Å². The van der Waals surface area contributed by atoms with Crippen molar-refractivity contribution in [1.29, 1.82) is 0 Å². The van der Waals surface area contributed by atoms with Crippen LogP contribution in [-0.4, -0.2) is 30.4 Å². The summed E-state index contributed by atoms with van der Waals surface area (Å²) in [4.78, 5) is 4.40. The van der Waals surface area contributed by atoms with Crippen LogP contribution < -0.4 is 14.8 Å². The van der Waals surface area contributed by atoms with Gasteiger partial charge in [0.25, 0.3) is 0 Å². The van der Waals surface area contributed by atoms with E-state index in [2.05, 4.69) is 10.3 Å². The monoisotopic (exact) mass is 294 g/mol. The molecule has 0 spiro atoms. The Morgan fingerprint density at radius 1 is 1.35 bits per heavy atom. The molecule has 108 valence electrons. The van der Waals surface area contributed by atoms with Crippen molar-refractivity contribution in [3.8, 4) is 11.5 Å². The molecule has 20 heavy (non-hydrogen) atoms. The third-order valence-corrected chi connectivity index (χ3v) is 3.59. The maximum Gasteiger partial charge on any atom is 0.163 e. The lowest BCUT2D eigenvalue weighted by molar-refractivity contribution is 0.196. The van der Waals surface area contributed by atoms with Crippen LogP contribution >= 0.6 is 11.3 Å². The third kappa shape index (κ3) is 3.85. The second kappa shape index (κ2) is 7.12. The van der Waals surface area contributed by atoms with Gasteiger partial charge in [0.05, 0.1) is 20.3 Å². The first-order valence-corrected chi connectivity index (χ1v) is 7.17. The lowest BCUT2D eigenvalue weighted by Gasteiger charge is -2.12. The molecule has 1 aromatic carbocycles. The molecular weight excluding hydrogens is 276 g/mol. The minimum Gasteiger partial charge on any atom is -0.493 e. The van der Waals surface area contributed by atoms with Crippen molar-refractivity contribution in [2.45, 2.75) is 13.5 Å². The fourth-order valence-electron chi connectivity index (χ4n) is 1.72. The number of hydrogen-bond donors (Lipinski definition) is 2. The minimum atomic E-state index is -0.0286. The molecule has 0 saturated carbocycles. The highest BCUT2D eigenvalue weighted by atomic mass is 32.1. The fraction of sp³-hybridized carbons (Fsp3) is 0.357. The predicted molar refractivity (Wildman–Crippen MR) is 79.8 cm³/mol. The molecule has 0 amide bonds. The van der Waals surface area contributed by atoms with Crippen molar-refractivity contribution in [1.82, 2.24) is 4.98 Å². The molecule has 0 aliphatic heterocycles. The molecule has 2 rings (SSSR count). The summed E-state index contributed by atoms with van der Waals surface area (Å²) < 4.78 is 10.7. The van der Waals surface area contributed by atoms with Crippen molar-refractivity contribution in [2.24, 2.45) is 0 Å². The van der Waals surface area contributed by atoms with E-state index in [1.54, 1.807) is 18.4 Å². The molecule has 2 N–H and O–H groups in total. The Morgan fingerprint density at radius 3 is 2.85 bits per heavy atom. The van der Waals surface area contributed by atoms with Crippen molar-refractivity contribution in [3.63, 3.8) is 0 Å². The molecular formula is C14H18N2O3S. The van der Waals surface area contributed by atoms with E-state index in [1.165, 1.54) is 0 Å². The van der Waals surface area contributed by atoms with Gasteiger partial charge >= 0.3 is 0 Å². The molecule has 0 radical (unpaired) electrons. The Bertz CT molecular complexity index is 557. The number of nitrogens with zero attached hydrogens (tertiary/aromatic N) is 1. The second-order valence-corrected chi connectivity index (χ2v) is 5.12. The van der Waals surface area contributed by atoms with Crippen molar-refractivity contribution in [2.75, 3.05) is 25.6 Å². The minimum absolute atomic E-state index is 0.0286. The number of aromatic nitrogens is 1. The van der Waals surface area contributed by atoms with Crippen LogP contribution in [0.15, 0.2) is 23.6 Å². The highest BCUT2D eigenvalue weighted by molar-refractivity contribution is 7.09. The van der Waals surface area contributed by atoms with E-state index in [9.17, 15) is 0 Å². The molecule has 5 nitrogen and oxygen atoms in total. The summed E-state index contributed by atoms with van der Waals surface area (Å²) in [5, 5.41) is 15.2. The van der Waals surface area contributed by atoms with Crippen LogP contribution in [0.3, 0.4) is 0 Å². The first-order valence-electron chi connectivity index (χ1n) is 6.29. The summed E-state index contributed by atoms with van der Waals surface area (Å²) in [7, 11) is 1.59. The van der Waals surface area contributed by atoms with Gasteiger partial charge in [0.15, 0.2) is 11.5 Å². The van der Waals surface area contributed by atoms with E-state index >= 15 is 0 Å². The maximum absolute atomic E-state index is 8.83. The lowest BCUT2D eigenvalue weighted by atomic mass is 10.2. The number of aryl methyl sites for hydroxylation is 1. The summed E-state index contributed by atoms with van der Waals surface area (Å²) >= 11 is 1.63. The van der Waals surface area contributed by atoms with Gasteiger partial charge in [0.2, 0.25) is 0 Å². The van der Waals surface area contributed by atoms with Crippen molar-refractivity contribution < 1.29 is 14.6 Å². The number of hydrogen-bond acceptors (Lipinski definition) is 6. The number of ether oxygens (including phenoxy) is 2. The number of aliphatic hydroxyl groups excluding tert-OH is 1. The van der Waals surface area contributed by atoms with Crippen LogP contribution in [-0.2, 0) is 6.54 Å². The first-order chi connectivity index (χ1) is 9.72. The number of nitrogens with one attached hydrogen (secondary N) is 1. The van der Waals surface area contributed by atoms with Gasteiger partial charge in [-0.1, -0.05) is 0 Å². The summed E-state index contributed by atoms with van der Waals surface area (Å²) in [5.41, 5.74) is 1.96. The molecule has 0 bridgehead atoms. The molecule has 2 aromatic rings. The summed E-state index contributed by atoms with van der Waals surface area (Å²) in [6.45, 7) is 2.86. The van der Waals surface area contributed by atoms with Crippen LogP contribution in [0.4, 0.5) is 5.69 Å². The molecule has 1 heterocycles. The van der Waals surface area contributed by atoms with E-state index in [4.69, 9.17) is 14.6 Å². The van der Waals surface area contributed by atoms with Gasteiger partial charge in [-0.15, -0.1) is 11.3 Å². The molecule has 1 aromatic heterocycles. The van der Waals surface area contributed by atoms with Crippen LogP contribution in [0.2, 0.25) is 0 Å². The smallest absolute Gasteiger partial charge is 0.163 e. The average Bonchev–Trinajstić information content (AvgIpc) is 2.88. The highest BCUT2D eigenvalue weighted by Gasteiger charge is 2.06. The van der Waals surface area contributed by atoms with Crippen LogP contribution in [0.5, 0.6) is 11.5 Å². The van der Waals surface area contributed by atoms with Gasteiger partial charge < -0.3 is 19.9 Å². The number of benzene rings is 1. The summed E-state index contributed by atoms with van der Waals surface area (Å²) in [6, 6.07) is 5.61. The highest BCUT2D eigenvalue weighted by Crippen LogP contribution is 2.30. The number of thiazole rings is 1. The van der Waals surface area contributed by atoms with Gasteiger partial charge in [-0.25, -0.2) is 4.98 Å². The Labute approximate surface area is 122 Å².